The molecule has 4 heteroatoms. The van der Waals surface area contributed by atoms with Crippen LogP contribution in [0.15, 0.2) is 23.1 Å². The fraction of sp³-hybridized carbons (Fsp3) is 0.200. The molecule has 0 amide bonds. The van der Waals surface area contributed by atoms with Crippen molar-refractivity contribution in [3.63, 3.8) is 0 Å². The molecule has 74 valence electrons. The van der Waals surface area contributed by atoms with E-state index in [1.807, 2.05) is 12.1 Å². The predicted molar refractivity (Wildman–Crippen MR) is 63.3 cm³/mol. The first-order valence-electron chi connectivity index (χ1n) is 4.42. The molecule has 0 radical (unpaired) electrons. The minimum absolute atomic E-state index is 0.591. The van der Waals surface area contributed by atoms with Crippen LogP contribution >= 0.6 is 24.2 Å². The highest BCUT2D eigenvalue weighted by molar-refractivity contribution is 7.80. The van der Waals surface area contributed by atoms with Crippen LogP contribution in [0.25, 0.3) is 10.9 Å². The van der Waals surface area contributed by atoms with Gasteiger partial charge in [0.05, 0.1) is 0 Å². The summed E-state index contributed by atoms with van der Waals surface area (Å²) >= 11 is 10.3. The van der Waals surface area contributed by atoms with Gasteiger partial charge in [-0.1, -0.05) is 23.7 Å². The molecule has 0 bridgehead atoms. The Morgan fingerprint density at radius 1 is 1.43 bits per heavy atom. The third-order valence-corrected chi connectivity index (χ3v) is 3.12. The molecular formula is C10H11ClN2S. The maximum absolute atomic E-state index is 5.96. The molecule has 1 aromatic carbocycles. The molecule has 1 heterocycles. The van der Waals surface area contributed by atoms with Gasteiger partial charge in [-0.3, -0.25) is 0 Å². The molecule has 0 fully saturated rings. The van der Waals surface area contributed by atoms with Crippen LogP contribution in [-0.4, -0.2) is 11.5 Å². The average molecular weight is 227 g/mol. The number of aromatic nitrogens is 1. The number of hydrogen-bond donors (Lipinski definition) is 3. The highest BCUT2D eigenvalue weighted by Crippen LogP contribution is 2.31. The second-order valence-corrected chi connectivity index (χ2v) is 3.99. The maximum atomic E-state index is 5.96. The summed E-state index contributed by atoms with van der Waals surface area (Å²) in [5.74, 6) is 0. The normalized spacial score (nSPS) is 11.1. The summed E-state index contributed by atoms with van der Waals surface area (Å²) in [5, 5.41) is 1.68. The smallest absolute Gasteiger partial charge is 0.120 e. The highest BCUT2D eigenvalue weighted by atomic mass is 35.5. The summed E-state index contributed by atoms with van der Waals surface area (Å²) in [6.07, 6.45) is 0.846. The van der Waals surface area contributed by atoms with E-state index in [-0.39, 0.29) is 0 Å². The molecule has 2 nitrogen and oxygen atoms in total. The van der Waals surface area contributed by atoms with E-state index >= 15 is 0 Å². The number of halogens is 1. The van der Waals surface area contributed by atoms with Crippen LogP contribution in [0, 0.1) is 0 Å². The summed E-state index contributed by atoms with van der Waals surface area (Å²) in [6.45, 7) is 0.634. The van der Waals surface area contributed by atoms with E-state index in [4.69, 9.17) is 17.3 Å². The molecule has 0 saturated carbocycles. The zero-order valence-electron chi connectivity index (χ0n) is 7.55. The molecule has 0 atom stereocenters. The van der Waals surface area contributed by atoms with Crippen LogP contribution in [0.3, 0.4) is 0 Å². The van der Waals surface area contributed by atoms with E-state index in [0.717, 1.165) is 22.2 Å². The number of fused-ring (bicyclic) bond motifs is 1. The van der Waals surface area contributed by atoms with Crippen molar-refractivity contribution < 1.29 is 0 Å². The number of nitrogens with one attached hydrogen (secondary N) is 1. The predicted octanol–water partition coefficient (Wildman–Crippen LogP) is 2.61. The summed E-state index contributed by atoms with van der Waals surface area (Å²) in [7, 11) is 0. The van der Waals surface area contributed by atoms with Gasteiger partial charge >= 0.3 is 0 Å². The van der Waals surface area contributed by atoms with Gasteiger partial charge in [0.1, 0.15) is 5.15 Å². The van der Waals surface area contributed by atoms with E-state index in [2.05, 4.69) is 23.7 Å². The first-order valence-corrected chi connectivity index (χ1v) is 5.24. The van der Waals surface area contributed by atoms with Gasteiger partial charge in [0, 0.05) is 15.8 Å². The molecule has 1 aromatic heterocycles. The van der Waals surface area contributed by atoms with Gasteiger partial charge < -0.3 is 10.7 Å². The fourth-order valence-electron chi connectivity index (χ4n) is 1.63. The van der Waals surface area contributed by atoms with Gasteiger partial charge in [0.2, 0.25) is 0 Å². The minimum atomic E-state index is 0.591. The maximum Gasteiger partial charge on any atom is 0.120 e. The van der Waals surface area contributed by atoms with E-state index in [1.54, 1.807) is 0 Å². The molecule has 3 N–H and O–H groups in total. The SMILES string of the molecule is NCCc1cccc2[nH]c(Cl)c(S)c12. The van der Waals surface area contributed by atoms with Crippen LogP contribution in [0.2, 0.25) is 5.15 Å². The fourth-order valence-corrected chi connectivity index (χ4v) is 2.15. The van der Waals surface area contributed by atoms with Crippen molar-refractivity contribution in [1.29, 1.82) is 0 Å². The van der Waals surface area contributed by atoms with E-state index < -0.39 is 0 Å². The van der Waals surface area contributed by atoms with Crippen molar-refractivity contribution in [2.45, 2.75) is 11.3 Å². The van der Waals surface area contributed by atoms with Gasteiger partial charge in [0.15, 0.2) is 0 Å². The van der Waals surface area contributed by atoms with Gasteiger partial charge in [-0.05, 0) is 24.6 Å². The lowest BCUT2D eigenvalue weighted by molar-refractivity contribution is 0.976. The highest BCUT2D eigenvalue weighted by Gasteiger charge is 2.09. The van der Waals surface area contributed by atoms with E-state index in [0.29, 0.717) is 11.7 Å². The molecule has 0 aliphatic heterocycles. The van der Waals surface area contributed by atoms with Crippen LogP contribution < -0.4 is 5.73 Å². The van der Waals surface area contributed by atoms with Gasteiger partial charge in [0.25, 0.3) is 0 Å². The molecule has 0 aliphatic rings. The monoisotopic (exact) mass is 226 g/mol. The Kier molecular flexibility index (Phi) is 2.72. The van der Waals surface area contributed by atoms with Crippen molar-refractivity contribution >= 4 is 35.1 Å². The summed E-state index contributed by atoms with van der Waals surface area (Å²) in [5.41, 5.74) is 7.75. The number of nitrogens with two attached hydrogens (primary N) is 1. The quantitative estimate of drug-likeness (QED) is 0.677. The first-order chi connectivity index (χ1) is 6.74. The number of hydrogen-bond acceptors (Lipinski definition) is 2. The second-order valence-electron chi connectivity index (χ2n) is 3.17. The Balaban J connectivity index is 2.71. The lowest BCUT2D eigenvalue weighted by atomic mass is 10.1. The molecule has 0 spiro atoms. The van der Waals surface area contributed by atoms with Crippen LogP contribution in [0.1, 0.15) is 5.56 Å². The Bertz CT molecular complexity index is 464. The molecule has 2 rings (SSSR count). The van der Waals surface area contributed by atoms with Gasteiger partial charge in [-0.25, -0.2) is 0 Å². The molecular weight excluding hydrogens is 216 g/mol. The third kappa shape index (κ3) is 1.52. The molecule has 0 unspecified atom stereocenters. The van der Waals surface area contributed by atoms with Crippen molar-refractivity contribution in [1.82, 2.24) is 4.98 Å². The summed E-state index contributed by atoms with van der Waals surface area (Å²) in [6, 6.07) is 6.04. The second kappa shape index (κ2) is 3.85. The third-order valence-electron chi connectivity index (χ3n) is 2.25. The summed E-state index contributed by atoms with van der Waals surface area (Å²) < 4.78 is 0. The Labute approximate surface area is 92.9 Å². The van der Waals surface area contributed by atoms with Gasteiger partial charge in [-0.2, -0.15) is 0 Å². The number of rotatable bonds is 2. The Morgan fingerprint density at radius 3 is 2.93 bits per heavy atom. The number of H-pyrrole nitrogens is 1. The molecule has 14 heavy (non-hydrogen) atoms. The first kappa shape index (κ1) is 9.90. The zero-order chi connectivity index (χ0) is 10.1. The molecule has 0 saturated heterocycles. The Morgan fingerprint density at radius 2 is 2.21 bits per heavy atom. The lowest BCUT2D eigenvalue weighted by Gasteiger charge is -2.01. The average Bonchev–Trinajstić information content (AvgIpc) is 2.45. The molecule has 2 aromatic rings. The van der Waals surface area contributed by atoms with Crippen LogP contribution in [-0.2, 0) is 6.42 Å². The number of benzene rings is 1. The number of thiol groups is 1. The van der Waals surface area contributed by atoms with Crippen molar-refractivity contribution in [3.05, 3.63) is 28.9 Å². The van der Waals surface area contributed by atoms with E-state index in [1.165, 1.54) is 5.56 Å². The molecule has 0 aliphatic carbocycles. The largest absolute Gasteiger partial charge is 0.345 e. The van der Waals surface area contributed by atoms with Gasteiger partial charge in [-0.15, -0.1) is 12.6 Å². The Hall–Kier alpha value is -0.640. The summed E-state index contributed by atoms with van der Waals surface area (Å²) in [4.78, 5) is 3.88. The lowest BCUT2D eigenvalue weighted by Crippen LogP contribution is -2.02. The van der Waals surface area contributed by atoms with E-state index in [9.17, 15) is 0 Å². The van der Waals surface area contributed by atoms with Crippen molar-refractivity contribution in [2.24, 2.45) is 5.73 Å². The zero-order valence-corrected chi connectivity index (χ0v) is 9.20. The minimum Gasteiger partial charge on any atom is -0.345 e. The van der Waals surface area contributed by atoms with Crippen molar-refractivity contribution in [2.75, 3.05) is 6.54 Å². The van der Waals surface area contributed by atoms with Crippen LogP contribution in [0.4, 0.5) is 0 Å². The van der Waals surface area contributed by atoms with Crippen LogP contribution in [0.5, 0.6) is 0 Å². The standard InChI is InChI=1S/C10H11ClN2S/c11-10-9(14)8-6(4-5-12)2-1-3-7(8)13-10/h1-3,13-14H,4-5,12H2. The van der Waals surface area contributed by atoms with Crippen molar-refractivity contribution in [3.8, 4) is 0 Å². The topological polar surface area (TPSA) is 41.8 Å². The number of aromatic amines is 1.